The molecule has 0 aliphatic heterocycles. The van der Waals surface area contributed by atoms with Crippen LogP contribution in [0.1, 0.15) is 34.0 Å². The Labute approximate surface area is 156 Å². The van der Waals surface area contributed by atoms with Crippen LogP contribution in [-0.4, -0.2) is 35.2 Å². The molecule has 2 aromatic carbocycles. The molecule has 2 atom stereocenters. The molecule has 2 rings (SSSR count). The molecule has 2 aromatic rings. The van der Waals surface area contributed by atoms with Crippen molar-refractivity contribution in [2.45, 2.75) is 25.2 Å². The number of hydrogen-bond acceptors (Lipinski definition) is 5. The highest BCUT2D eigenvalue weighted by Gasteiger charge is 2.21. The van der Waals surface area contributed by atoms with Crippen molar-refractivity contribution in [1.82, 2.24) is 5.32 Å². The van der Waals surface area contributed by atoms with Crippen molar-refractivity contribution in [3.8, 4) is 0 Å². The van der Waals surface area contributed by atoms with Crippen molar-refractivity contribution in [1.29, 1.82) is 0 Å². The van der Waals surface area contributed by atoms with Gasteiger partial charge in [-0.15, -0.1) is 0 Å². The molecular weight excluding hydrogens is 358 g/mol. The molecule has 2 unspecified atom stereocenters. The Morgan fingerprint density at radius 2 is 1.92 bits per heavy atom. The first-order valence-corrected chi connectivity index (χ1v) is 8.44. The zero-order chi connectivity index (χ0) is 18.9. The van der Waals surface area contributed by atoms with Gasteiger partial charge < -0.3 is 20.3 Å². The van der Waals surface area contributed by atoms with Gasteiger partial charge in [0.2, 0.25) is 0 Å². The lowest BCUT2D eigenvalue weighted by Gasteiger charge is -2.20. The Bertz CT molecular complexity index is 738. The van der Waals surface area contributed by atoms with Gasteiger partial charge in [0.1, 0.15) is 19.0 Å². The van der Waals surface area contributed by atoms with Crippen molar-refractivity contribution in [2.75, 3.05) is 6.54 Å². The van der Waals surface area contributed by atoms with Crippen LogP contribution in [0.15, 0.2) is 48.5 Å². The third-order valence-corrected chi connectivity index (χ3v) is 4.02. The first kappa shape index (κ1) is 19.9. The van der Waals surface area contributed by atoms with Crippen molar-refractivity contribution >= 4 is 24.0 Å². The minimum Gasteiger partial charge on any atom is -0.445 e. The Morgan fingerprint density at radius 1 is 1.19 bits per heavy atom. The number of rotatable bonds is 8. The lowest BCUT2D eigenvalue weighted by atomic mass is 9.97. The summed E-state index contributed by atoms with van der Waals surface area (Å²) >= 11 is 5.87. The largest absolute Gasteiger partial charge is 0.445 e. The van der Waals surface area contributed by atoms with Crippen LogP contribution in [-0.2, 0) is 11.3 Å². The number of aliphatic hydroxyl groups is 2. The van der Waals surface area contributed by atoms with E-state index in [0.29, 0.717) is 11.3 Å². The quantitative estimate of drug-likeness (QED) is 0.615. The molecule has 0 fully saturated rings. The number of hydrogen-bond donors (Lipinski definition) is 3. The fourth-order valence-electron chi connectivity index (χ4n) is 2.37. The Morgan fingerprint density at radius 3 is 2.62 bits per heavy atom. The molecular formula is C19H20ClNO5. The number of amides is 1. The van der Waals surface area contributed by atoms with Crippen molar-refractivity contribution in [2.24, 2.45) is 0 Å². The smallest absolute Gasteiger partial charge is 0.407 e. The van der Waals surface area contributed by atoms with Gasteiger partial charge in [-0.2, -0.15) is 0 Å². The Balaban J connectivity index is 1.79. The number of aldehydes is 1. The zero-order valence-electron chi connectivity index (χ0n) is 14.0. The van der Waals surface area contributed by atoms with E-state index in [1.165, 1.54) is 18.2 Å². The van der Waals surface area contributed by atoms with E-state index in [0.717, 1.165) is 5.56 Å². The molecule has 0 aliphatic rings. The number of carbonyl (C=O) groups is 2. The van der Waals surface area contributed by atoms with Gasteiger partial charge in [-0.3, -0.25) is 4.79 Å². The molecule has 26 heavy (non-hydrogen) atoms. The van der Waals surface area contributed by atoms with Crippen molar-refractivity contribution in [3.05, 3.63) is 70.2 Å². The number of ether oxygens (including phenoxy) is 1. The van der Waals surface area contributed by atoms with Gasteiger partial charge in [-0.1, -0.05) is 41.9 Å². The Hall–Kier alpha value is -2.41. The van der Waals surface area contributed by atoms with Gasteiger partial charge in [-0.05, 0) is 35.7 Å². The minimum atomic E-state index is -1.30. The van der Waals surface area contributed by atoms with E-state index in [9.17, 15) is 19.8 Å². The molecule has 0 saturated heterocycles. The maximum atomic E-state index is 11.6. The van der Waals surface area contributed by atoms with Crippen LogP contribution in [0.2, 0.25) is 5.02 Å². The number of alkyl carbamates (subject to hydrolysis) is 1. The average molecular weight is 378 g/mol. The minimum absolute atomic E-state index is 0.0758. The summed E-state index contributed by atoms with van der Waals surface area (Å²) in [7, 11) is 0. The molecule has 0 spiro atoms. The molecule has 1 amide bonds. The fourth-order valence-corrected chi connectivity index (χ4v) is 2.55. The second-order valence-corrected chi connectivity index (χ2v) is 6.12. The van der Waals surface area contributed by atoms with Gasteiger partial charge in [0.15, 0.2) is 0 Å². The maximum absolute atomic E-state index is 11.6. The monoisotopic (exact) mass is 377 g/mol. The lowest BCUT2D eigenvalue weighted by molar-refractivity contribution is 0.0133. The molecule has 0 aliphatic carbocycles. The van der Waals surface area contributed by atoms with Crippen LogP contribution in [0.3, 0.4) is 0 Å². The van der Waals surface area contributed by atoms with E-state index >= 15 is 0 Å². The predicted molar refractivity (Wildman–Crippen MR) is 97.1 cm³/mol. The summed E-state index contributed by atoms with van der Waals surface area (Å²) < 4.78 is 5.05. The molecule has 3 N–H and O–H groups in total. The topological polar surface area (TPSA) is 95.9 Å². The third-order valence-electron chi connectivity index (χ3n) is 3.78. The summed E-state index contributed by atoms with van der Waals surface area (Å²) in [6.07, 6.45) is -2.43. The van der Waals surface area contributed by atoms with Gasteiger partial charge in [0, 0.05) is 17.1 Å². The molecule has 138 valence electrons. The number of aliphatic hydroxyl groups excluding tert-OH is 2. The Kier molecular flexibility index (Phi) is 7.59. The summed E-state index contributed by atoms with van der Waals surface area (Å²) in [6, 6.07) is 13.7. The standard InChI is InChI=1S/C19H20ClNO5/c20-15-7-6-14(11-22)16(10-15)18(24)17(23)8-9-21-19(25)26-12-13-4-2-1-3-5-13/h1-7,10-11,17-18,23-24H,8-9,12H2,(H,21,25). The van der Waals surface area contributed by atoms with Crippen LogP contribution < -0.4 is 5.32 Å². The highest BCUT2D eigenvalue weighted by Crippen LogP contribution is 2.25. The molecule has 0 bridgehead atoms. The average Bonchev–Trinajstić information content (AvgIpc) is 2.66. The van der Waals surface area contributed by atoms with Gasteiger partial charge >= 0.3 is 6.09 Å². The summed E-state index contributed by atoms with van der Waals surface area (Å²) in [5.74, 6) is 0. The second-order valence-electron chi connectivity index (χ2n) is 5.68. The first-order chi connectivity index (χ1) is 12.5. The number of carbonyl (C=O) groups excluding carboxylic acids is 2. The van der Waals surface area contributed by atoms with Crippen LogP contribution in [0, 0.1) is 0 Å². The predicted octanol–water partition coefficient (Wildman–Crippen LogP) is 2.86. The summed E-state index contributed by atoms with van der Waals surface area (Å²) in [5, 5.41) is 23.2. The molecule has 0 heterocycles. The van der Waals surface area contributed by atoms with Crippen LogP contribution in [0.25, 0.3) is 0 Å². The van der Waals surface area contributed by atoms with E-state index in [-0.39, 0.29) is 30.7 Å². The fraction of sp³-hybridized carbons (Fsp3) is 0.263. The lowest BCUT2D eigenvalue weighted by Crippen LogP contribution is -2.30. The first-order valence-electron chi connectivity index (χ1n) is 8.06. The zero-order valence-corrected chi connectivity index (χ0v) is 14.7. The summed E-state index contributed by atoms with van der Waals surface area (Å²) in [6.45, 7) is 0.242. The van der Waals surface area contributed by atoms with Gasteiger partial charge in [0.05, 0.1) is 6.10 Å². The second kappa shape index (κ2) is 9.91. The SMILES string of the molecule is O=Cc1ccc(Cl)cc1C(O)C(O)CCNC(=O)OCc1ccccc1. The van der Waals surface area contributed by atoms with Crippen LogP contribution in [0.4, 0.5) is 4.79 Å². The highest BCUT2D eigenvalue weighted by atomic mass is 35.5. The summed E-state index contributed by atoms with van der Waals surface area (Å²) in [5.41, 5.74) is 1.35. The third kappa shape index (κ3) is 5.84. The molecule has 0 saturated carbocycles. The normalized spacial score (nSPS) is 12.9. The van der Waals surface area contributed by atoms with E-state index in [1.54, 1.807) is 0 Å². The van der Waals surface area contributed by atoms with Gasteiger partial charge in [0.25, 0.3) is 0 Å². The molecule has 7 heteroatoms. The molecule has 0 aromatic heterocycles. The van der Waals surface area contributed by atoms with E-state index in [1.807, 2.05) is 30.3 Å². The van der Waals surface area contributed by atoms with Crippen LogP contribution in [0.5, 0.6) is 0 Å². The van der Waals surface area contributed by atoms with E-state index in [2.05, 4.69) is 5.32 Å². The van der Waals surface area contributed by atoms with Crippen molar-refractivity contribution in [3.63, 3.8) is 0 Å². The van der Waals surface area contributed by atoms with Gasteiger partial charge in [-0.25, -0.2) is 4.79 Å². The number of benzene rings is 2. The number of nitrogens with one attached hydrogen (secondary N) is 1. The summed E-state index contributed by atoms with van der Waals surface area (Å²) in [4.78, 5) is 22.7. The molecule has 6 nitrogen and oxygen atoms in total. The van der Waals surface area contributed by atoms with E-state index in [4.69, 9.17) is 16.3 Å². The van der Waals surface area contributed by atoms with Crippen molar-refractivity contribution < 1.29 is 24.5 Å². The highest BCUT2D eigenvalue weighted by molar-refractivity contribution is 6.30. The number of halogens is 1. The molecule has 0 radical (unpaired) electrons. The van der Waals surface area contributed by atoms with Crippen LogP contribution >= 0.6 is 11.6 Å². The van der Waals surface area contributed by atoms with E-state index < -0.39 is 18.3 Å². The maximum Gasteiger partial charge on any atom is 0.407 e.